The van der Waals surface area contributed by atoms with Crippen molar-refractivity contribution in [2.45, 2.75) is 39.7 Å². The third kappa shape index (κ3) is 4.34. The molecule has 1 fully saturated rings. The third-order valence-electron chi connectivity index (χ3n) is 5.56. The van der Waals surface area contributed by atoms with Crippen molar-refractivity contribution in [2.75, 3.05) is 19.7 Å². The molecular formula is C23H29NO2. The molecule has 3 nitrogen and oxygen atoms in total. The van der Waals surface area contributed by atoms with Crippen LogP contribution in [-0.4, -0.2) is 30.6 Å². The SMILES string of the molecule is CCOC(=O)C1(Cc2ccccc2C)CCN(Cc2ccccc2)CC1. The maximum Gasteiger partial charge on any atom is 0.312 e. The second kappa shape index (κ2) is 8.50. The first kappa shape index (κ1) is 18.7. The van der Waals surface area contributed by atoms with Gasteiger partial charge in [-0.1, -0.05) is 54.6 Å². The Labute approximate surface area is 157 Å². The highest BCUT2D eigenvalue weighted by molar-refractivity contribution is 5.77. The van der Waals surface area contributed by atoms with Crippen molar-refractivity contribution >= 4 is 5.97 Å². The molecule has 0 N–H and O–H groups in total. The van der Waals surface area contributed by atoms with E-state index in [-0.39, 0.29) is 5.97 Å². The largest absolute Gasteiger partial charge is 0.466 e. The van der Waals surface area contributed by atoms with E-state index in [4.69, 9.17) is 4.74 Å². The summed E-state index contributed by atoms with van der Waals surface area (Å²) in [6.45, 7) is 7.27. The van der Waals surface area contributed by atoms with Gasteiger partial charge in [-0.2, -0.15) is 0 Å². The number of aryl methyl sites for hydroxylation is 1. The van der Waals surface area contributed by atoms with Crippen LogP contribution in [0.3, 0.4) is 0 Å². The molecule has 1 saturated heterocycles. The molecular weight excluding hydrogens is 322 g/mol. The Morgan fingerprint density at radius 2 is 1.69 bits per heavy atom. The molecule has 3 rings (SSSR count). The molecule has 3 heteroatoms. The zero-order valence-electron chi connectivity index (χ0n) is 15.9. The first-order valence-corrected chi connectivity index (χ1v) is 9.61. The lowest BCUT2D eigenvalue weighted by Crippen LogP contribution is -2.46. The second-order valence-corrected chi connectivity index (χ2v) is 7.37. The van der Waals surface area contributed by atoms with E-state index >= 15 is 0 Å². The molecule has 0 radical (unpaired) electrons. The van der Waals surface area contributed by atoms with Crippen LogP contribution < -0.4 is 0 Å². The first-order chi connectivity index (χ1) is 12.6. The van der Waals surface area contributed by atoms with Gasteiger partial charge in [0.15, 0.2) is 0 Å². The topological polar surface area (TPSA) is 29.5 Å². The molecule has 1 aliphatic heterocycles. The number of ether oxygens (including phenoxy) is 1. The molecule has 2 aromatic rings. The molecule has 0 amide bonds. The van der Waals surface area contributed by atoms with Crippen LogP contribution in [-0.2, 0) is 22.5 Å². The van der Waals surface area contributed by atoms with Crippen LogP contribution in [0.15, 0.2) is 54.6 Å². The molecule has 2 aromatic carbocycles. The summed E-state index contributed by atoms with van der Waals surface area (Å²) < 4.78 is 5.49. The van der Waals surface area contributed by atoms with Crippen LogP contribution in [0.1, 0.15) is 36.5 Å². The predicted octanol–water partition coefficient (Wildman–Crippen LogP) is 4.38. The van der Waals surface area contributed by atoms with Crippen molar-refractivity contribution in [1.82, 2.24) is 4.90 Å². The highest BCUT2D eigenvalue weighted by Crippen LogP contribution is 2.37. The number of hydrogen-bond donors (Lipinski definition) is 0. The monoisotopic (exact) mass is 351 g/mol. The second-order valence-electron chi connectivity index (χ2n) is 7.37. The zero-order valence-corrected chi connectivity index (χ0v) is 15.9. The van der Waals surface area contributed by atoms with E-state index in [1.807, 2.05) is 13.0 Å². The fraction of sp³-hybridized carbons (Fsp3) is 0.435. The van der Waals surface area contributed by atoms with Crippen molar-refractivity contribution in [3.63, 3.8) is 0 Å². The van der Waals surface area contributed by atoms with Crippen LogP contribution in [0, 0.1) is 12.3 Å². The van der Waals surface area contributed by atoms with E-state index < -0.39 is 5.41 Å². The fourth-order valence-corrected chi connectivity index (χ4v) is 3.89. The first-order valence-electron chi connectivity index (χ1n) is 9.61. The molecule has 0 aromatic heterocycles. The van der Waals surface area contributed by atoms with E-state index in [9.17, 15) is 4.79 Å². The smallest absolute Gasteiger partial charge is 0.312 e. The molecule has 26 heavy (non-hydrogen) atoms. The van der Waals surface area contributed by atoms with E-state index in [0.717, 1.165) is 38.9 Å². The Bertz CT molecular complexity index is 718. The Morgan fingerprint density at radius 1 is 1.04 bits per heavy atom. The van der Waals surface area contributed by atoms with Crippen LogP contribution in [0.25, 0.3) is 0 Å². The molecule has 0 spiro atoms. The maximum absolute atomic E-state index is 12.9. The van der Waals surface area contributed by atoms with Gasteiger partial charge in [-0.15, -0.1) is 0 Å². The Kier molecular flexibility index (Phi) is 6.10. The highest BCUT2D eigenvalue weighted by Gasteiger charge is 2.42. The van der Waals surface area contributed by atoms with Gasteiger partial charge in [-0.05, 0) is 62.9 Å². The van der Waals surface area contributed by atoms with Crippen molar-refractivity contribution in [1.29, 1.82) is 0 Å². The summed E-state index contributed by atoms with van der Waals surface area (Å²) in [6, 6.07) is 18.9. The Hall–Kier alpha value is -2.13. The van der Waals surface area contributed by atoms with Gasteiger partial charge in [0.1, 0.15) is 0 Å². The molecule has 138 valence electrons. The van der Waals surface area contributed by atoms with Crippen molar-refractivity contribution in [3.05, 3.63) is 71.3 Å². The summed E-state index contributed by atoms with van der Waals surface area (Å²) in [5.41, 5.74) is 3.45. The van der Waals surface area contributed by atoms with Gasteiger partial charge in [0.05, 0.1) is 12.0 Å². The number of nitrogens with zero attached hydrogens (tertiary/aromatic N) is 1. The van der Waals surface area contributed by atoms with Crippen LogP contribution in [0.4, 0.5) is 0 Å². The standard InChI is InChI=1S/C23H29NO2/c1-3-26-22(25)23(17-21-12-8-7-9-19(21)2)13-15-24(16-14-23)18-20-10-5-4-6-11-20/h4-12H,3,13-18H2,1-2H3. The van der Waals surface area contributed by atoms with Gasteiger partial charge < -0.3 is 4.74 Å². The number of carbonyl (C=O) groups is 1. The van der Waals surface area contributed by atoms with Crippen molar-refractivity contribution < 1.29 is 9.53 Å². The summed E-state index contributed by atoms with van der Waals surface area (Å²) in [5.74, 6) is -0.0254. The predicted molar refractivity (Wildman–Crippen MR) is 105 cm³/mol. The van der Waals surface area contributed by atoms with Crippen LogP contribution >= 0.6 is 0 Å². The van der Waals surface area contributed by atoms with Crippen molar-refractivity contribution in [2.24, 2.45) is 5.41 Å². The summed E-state index contributed by atoms with van der Waals surface area (Å²) in [5, 5.41) is 0. The molecule has 0 unspecified atom stereocenters. The molecule has 0 saturated carbocycles. The van der Waals surface area contributed by atoms with E-state index in [1.54, 1.807) is 0 Å². The number of benzene rings is 2. The quantitative estimate of drug-likeness (QED) is 0.723. The third-order valence-corrected chi connectivity index (χ3v) is 5.56. The number of piperidine rings is 1. The Morgan fingerprint density at radius 3 is 2.35 bits per heavy atom. The lowest BCUT2D eigenvalue weighted by atomic mass is 9.73. The van der Waals surface area contributed by atoms with Gasteiger partial charge in [0.2, 0.25) is 0 Å². The molecule has 0 bridgehead atoms. The summed E-state index contributed by atoms with van der Waals surface area (Å²) in [7, 11) is 0. The zero-order chi connectivity index (χ0) is 18.4. The fourth-order valence-electron chi connectivity index (χ4n) is 3.89. The van der Waals surface area contributed by atoms with Crippen LogP contribution in [0.5, 0.6) is 0 Å². The summed E-state index contributed by atoms with van der Waals surface area (Å²) in [6.07, 6.45) is 2.48. The minimum absolute atomic E-state index is 0.0254. The van der Waals surface area contributed by atoms with E-state index in [0.29, 0.717) is 6.61 Å². The van der Waals surface area contributed by atoms with Gasteiger partial charge in [0.25, 0.3) is 0 Å². The average Bonchev–Trinajstić information content (AvgIpc) is 2.66. The molecule has 0 aliphatic carbocycles. The summed E-state index contributed by atoms with van der Waals surface area (Å²) >= 11 is 0. The number of hydrogen-bond acceptors (Lipinski definition) is 3. The minimum Gasteiger partial charge on any atom is -0.466 e. The number of carbonyl (C=O) groups excluding carboxylic acids is 1. The lowest BCUT2D eigenvalue weighted by molar-refractivity contribution is -0.158. The van der Waals surface area contributed by atoms with Crippen molar-refractivity contribution in [3.8, 4) is 0 Å². The van der Waals surface area contributed by atoms with E-state index in [2.05, 4.69) is 60.4 Å². The minimum atomic E-state index is -0.394. The van der Waals surface area contributed by atoms with E-state index in [1.165, 1.54) is 16.7 Å². The molecule has 1 heterocycles. The average molecular weight is 351 g/mol. The number of likely N-dealkylation sites (tertiary alicyclic amines) is 1. The van der Waals surface area contributed by atoms with Gasteiger partial charge in [-0.25, -0.2) is 0 Å². The van der Waals surface area contributed by atoms with Gasteiger partial charge in [-0.3, -0.25) is 9.69 Å². The highest BCUT2D eigenvalue weighted by atomic mass is 16.5. The Balaban J connectivity index is 1.72. The molecule has 1 aliphatic rings. The van der Waals surface area contributed by atoms with Gasteiger partial charge in [0, 0.05) is 6.54 Å². The van der Waals surface area contributed by atoms with Gasteiger partial charge >= 0.3 is 5.97 Å². The molecule has 0 atom stereocenters. The summed E-state index contributed by atoms with van der Waals surface area (Å²) in [4.78, 5) is 15.3. The maximum atomic E-state index is 12.9. The number of rotatable bonds is 6. The number of esters is 1. The lowest BCUT2D eigenvalue weighted by Gasteiger charge is -2.40. The normalized spacial score (nSPS) is 17.0. The van der Waals surface area contributed by atoms with Crippen LogP contribution in [0.2, 0.25) is 0 Å².